The maximum atomic E-state index is 5.27. The van der Waals surface area contributed by atoms with E-state index in [1.165, 1.54) is 78.1 Å². The summed E-state index contributed by atoms with van der Waals surface area (Å²) >= 11 is 5.27. The van der Waals surface area contributed by atoms with Crippen molar-refractivity contribution in [3.8, 4) is 33.4 Å². The summed E-state index contributed by atoms with van der Waals surface area (Å²) in [5, 5.41) is 0. The third-order valence-electron chi connectivity index (χ3n) is 13.1. The standard InChI is InChI=1S/C63H57NS/c1-5-21-45(22-6-2)23-18-35-58-56-42-41-53(44-59(56)63(3,4)62(58)65)64(52-39-37-47(38-40-52)51-31-19-30-50(43-51)46-24-10-7-11-25-46)60-36-20-34-55(49-28-14-9-15-29-49)61(60)57-33-17-16-32-54(57)48-26-12-8-13-27-48/h5-18,20-21,24-29,31-39,41-44,52,65H,19,23,30,40H2,1-4H3/b21-5-,35-18-. The number of fused-ring (bicyclic) bond motifs is 1. The lowest BCUT2D eigenvalue weighted by atomic mass is 9.85. The minimum absolute atomic E-state index is 0.0444. The van der Waals surface area contributed by atoms with E-state index >= 15 is 0 Å². The van der Waals surface area contributed by atoms with E-state index in [1.807, 2.05) is 13.0 Å². The molecular formula is C63H57NS. The van der Waals surface area contributed by atoms with Gasteiger partial charge >= 0.3 is 0 Å². The van der Waals surface area contributed by atoms with Crippen molar-refractivity contribution in [1.82, 2.24) is 0 Å². The topological polar surface area (TPSA) is 3.24 Å². The van der Waals surface area contributed by atoms with Crippen molar-refractivity contribution < 1.29 is 0 Å². The van der Waals surface area contributed by atoms with Crippen LogP contribution in [-0.2, 0) is 5.41 Å². The molecule has 0 N–H and O–H groups in total. The Labute approximate surface area is 392 Å². The van der Waals surface area contributed by atoms with Crippen LogP contribution in [0.1, 0.15) is 70.1 Å². The van der Waals surface area contributed by atoms with E-state index in [9.17, 15) is 0 Å². The second kappa shape index (κ2) is 19.5. The van der Waals surface area contributed by atoms with Crippen molar-refractivity contribution >= 4 is 35.1 Å². The summed E-state index contributed by atoms with van der Waals surface area (Å²) in [5.74, 6) is 0. The van der Waals surface area contributed by atoms with Crippen LogP contribution in [0.25, 0.3) is 44.5 Å². The van der Waals surface area contributed by atoms with Crippen LogP contribution in [0.2, 0.25) is 0 Å². The lowest BCUT2D eigenvalue weighted by Gasteiger charge is -2.36. The predicted molar refractivity (Wildman–Crippen MR) is 283 cm³/mol. The van der Waals surface area contributed by atoms with Gasteiger partial charge in [-0.15, -0.1) is 18.4 Å². The summed E-state index contributed by atoms with van der Waals surface area (Å²) < 4.78 is 0. The molecule has 0 bridgehead atoms. The Morgan fingerprint density at radius 2 is 1.37 bits per heavy atom. The first-order valence-electron chi connectivity index (χ1n) is 23.1. The minimum Gasteiger partial charge on any atom is -0.334 e. The van der Waals surface area contributed by atoms with Crippen LogP contribution in [0.4, 0.5) is 11.4 Å². The zero-order valence-corrected chi connectivity index (χ0v) is 38.9. The summed E-state index contributed by atoms with van der Waals surface area (Å²) in [7, 11) is 0. The number of rotatable bonds is 12. The number of allylic oxidation sites excluding steroid dienone is 13. The molecule has 0 heterocycles. The van der Waals surface area contributed by atoms with Crippen LogP contribution in [-0.4, -0.2) is 6.04 Å². The molecule has 3 aliphatic carbocycles. The van der Waals surface area contributed by atoms with Gasteiger partial charge in [-0.25, -0.2) is 0 Å². The van der Waals surface area contributed by atoms with Crippen LogP contribution in [0.5, 0.6) is 0 Å². The smallest absolute Gasteiger partial charge is 0.0560 e. The SMILES string of the molecule is CC=C=C(/C=C\C)C/C=C\C1=C(S)C(C)(C)c2cc(N(c3cccc(-c4ccccc4)c3-c3ccccc3-c3ccccc3)C3C=CC(C4=CCCC(c5ccccc5)=C4)=CC3)ccc21. The number of thiol groups is 1. The van der Waals surface area contributed by atoms with Crippen LogP contribution in [0, 0.1) is 0 Å². The lowest BCUT2D eigenvalue weighted by Crippen LogP contribution is -2.31. The van der Waals surface area contributed by atoms with Crippen molar-refractivity contribution in [2.75, 3.05) is 4.90 Å². The van der Waals surface area contributed by atoms with E-state index in [1.54, 1.807) is 0 Å². The summed E-state index contributed by atoms with van der Waals surface area (Å²) in [6, 6.07) is 55.5. The highest BCUT2D eigenvalue weighted by Crippen LogP contribution is 2.52. The predicted octanol–water partition coefficient (Wildman–Crippen LogP) is 17.4. The quantitative estimate of drug-likeness (QED) is 0.0729. The maximum absolute atomic E-state index is 5.27. The van der Waals surface area contributed by atoms with E-state index in [-0.39, 0.29) is 11.5 Å². The number of hydrogen-bond acceptors (Lipinski definition) is 2. The normalized spacial score (nSPS) is 16.5. The largest absolute Gasteiger partial charge is 0.334 e. The molecule has 1 unspecified atom stereocenters. The lowest BCUT2D eigenvalue weighted by molar-refractivity contribution is 0.672. The van der Waals surface area contributed by atoms with Crippen molar-refractivity contribution in [3.63, 3.8) is 0 Å². The first-order chi connectivity index (χ1) is 31.9. The summed E-state index contributed by atoms with van der Waals surface area (Å²) in [6.07, 6.45) is 26.6. The van der Waals surface area contributed by atoms with Gasteiger partial charge in [0.2, 0.25) is 0 Å². The maximum Gasteiger partial charge on any atom is 0.0560 e. The zero-order chi connectivity index (χ0) is 44.8. The number of anilines is 2. The Kier molecular flexibility index (Phi) is 13.0. The number of benzene rings is 6. The molecule has 65 heavy (non-hydrogen) atoms. The van der Waals surface area contributed by atoms with Gasteiger partial charge < -0.3 is 4.90 Å². The molecule has 0 fully saturated rings. The fraction of sp³-hybridized carbons (Fsp3) is 0.159. The van der Waals surface area contributed by atoms with E-state index in [2.05, 4.69) is 238 Å². The molecule has 0 aromatic heterocycles. The van der Waals surface area contributed by atoms with Gasteiger partial charge in [-0.2, -0.15) is 0 Å². The summed E-state index contributed by atoms with van der Waals surface area (Å²) in [4.78, 5) is 3.70. The monoisotopic (exact) mass is 859 g/mol. The van der Waals surface area contributed by atoms with Gasteiger partial charge in [0, 0.05) is 16.7 Å². The molecule has 2 heteroatoms. The van der Waals surface area contributed by atoms with Crippen LogP contribution < -0.4 is 4.90 Å². The van der Waals surface area contributed by atoms with E-state index < -0.39 is 0 Å². The van der Waals surface area contributed by atoms with Gasteiger partial charge in [0.25, 0.3) is 0 Å². The third kappa shape index (κ3) is 8.98. The molecule has 6 aromatic carbocycles. The molecule has 0 spiro atoms. The summed E-state index contributed by atoms with van der Waals surface area (Å²) in [5.41, 5.74) is 22.8. The Morgan fingerprint density at radius 3 is 2.05 bits per heavy atom. The van der Waals surface area contributed by atoms with Crippen LogP contribution in [0.3, 0.4) is 0 Å². The highest BCUT2D eigenvalue weighted by Gasteiger charge is 2.37. The van der Waals surface area contributed by atoms with E-state index in [0.717, 1.165) is 41.8 Å². The van der Waals surface area contributed by atoms with Gasteiger partial charge in [0.1, 0.15) is 0 Å². The molecule has 3 aliphatic rings. The number of nitrogens with zero attached hydrogens (tertiary/aromatic N) is 1. The minimum atomic E-state index is -0.286. The molecule has 0 saturated carbocycles. The van der Waals surface area contributed by atoms with Crippen molar-refractivity contribution in [1.29, 1.82) is 0 Å². The van der Waals surface area contributed by atoms with Crippen molar-refractivity contribution in [2.45, 2.75) is 64.8 Å². The first-order valence-corrected chi connectivity index (χ1v) is 23.6. The number of hydrogen-bond donors (Lipinski definition) is 1. The van der Waals surface area contributed by atoms with E-state index in [0.29, 0.717) is 0 Å². The molecule has 1 nitrogen and oxygen atoms in total. The average molecular weight is 860 g/mol. The van der Waals surface area contributed by atoms with Crippen LogP contribution >= 0.6 is 12.6 Å². The first kappa shape index (κ1) is 43.4. The third-order valence-corrected chi connectivity index (χ3v) is 13.9. The fourth-order valence-electron chi connectivity index (χ4n) is 9.82. The molecule has 0 amide bonds. The van der Waals surface area contributed by atoms with Gasteiger partial charge in [-0.1, -0.05) is 202 Å². The highest BCUT2D eigenvalue weighted by atomic mass is 32.1. The Morgan fingerprint density at radius 1 is 0.708 bits per heavy atom. The molecule has 0 aliphatic heterocycles. The molecule has 320 valence electrons. The second-order valence-corrected chi connectivity index (χ2v) is 18.0. The Bertz CT molecular complexity index is 3000. The van der Waals surface area contributed by atoms with Crippen molar-refractivity contribution in [2.24, 2.45) is 0 Å². The molecule has 0 saturated heterocycles. The van der Waals surface area contributed by atoms with Crippen molar-refractivity contribution in [3.05, 3.63) is 256 Å². The molecule has 1 atom stereocenters. The second-order valence-electron chi connectivity index (χ2n) is 17.6. The Hall–Kier alpha value is -6.83. The average Bonchev–Trinajstić information content (AvgIpc) is 3.55. The molecule has 9 rings (SSSR count). The van der Waals surface area contributed by atoms with E-state index in [4.69, 9.17) is 12.6 Å². The highest BCUT2D eigenvalue weighted by molar-refractivity contribution is 7.84. The molecule has 0 radical (unpaired) electrons. The van der Waals surface area contributed by atoms with Gasteiger partial charge in [0.05, 0.1) is 11.7 Å². The van der Waals surface area contributed by atoms with Crippen LogP contribution in [0.15, 0.2) is 240 Å². The van der Waals surface area contributed by atoms with Gasteiger partial charge in [-0.3, -0.25) is 0 Å². The Balaban J connectivity index is 1.20. The molecule has 6 aromatic rings. The summed E-state index contributed by atoms with van der Waals surface area (Å²) in [6.45, 7) is 8.71. The van der Waals surface area contributed by atoms with Gasteiger partial charge in [0.15, 0.2) is 0 Å². The van der Waals surface area contributed by atoms with Gasteiger partial charge in [-0.05, 0) is 141 Å². The zero-order valence-electron chi connectivity index (χ0n) is 38.0. The fourth-order valence-corrected chi connectivity index (χ4v) is 10.1. The molecular weight excluding hydrogens is 803 g/mol.